The van der Waals surface area contributed by atoms with Crippen LogP contribution < -0.4 is 10.7 Å². The molecule has 2 heterocycles. The van der Waals surface area contributed by atoms with Gasteiger partial charge in [0, 0.05) is 41.7 Å². The van der Waals surface area contributed by atoms with Crippen LogP contribution >= 0.6 is 0 Å². The van der Waals surface area contributed by atoms with Gasteiger partial charge in [0.1, 0.15) is 0 Å². The Morgan fingerprint density at radius 3 is 2.43 bits per heavy atom. The Balaban J connectivity index is 1.89. The highest BCUT2D eigenvalue weighted by Crippen LogP contribution is 2.26. The third kappa shape index (κ3) is 5.16. The topological polar surface area (TPSA) is 71.3 Å². The van der Waals surface area contributed by atoms with Crippen LogP contribution in [0.5, 0.6) is 0 Å². The van der Waals surface area contributed by atoms with Crippen molar-refractivity contribution in [3.8, 4) is 0 Å². The molecule has 1 fully saturated rings. The molecule has 0 unspecified atom stereocenters. The fraction of sp³-hybridized carbons (Fsp3) is 0.706. The van der Waals surface area contributed by atoms with E-state index < -0.39 is 0 Å². The lowest BCUT2D eigenvalue weighted by atomic mass is 9.81. The number of hydrogen-bond donors (Lipinski definition) is 2. The van der Waals surface area contributed by atoms with Crippen molar-refractivity contribution in [2.45, 2.75) is 78.4 Å². The van der Waals surface area contributed by atoms with Crippen LogP contribution in [-0.2, 0) is 11.3 Å². The van der Waals surface area contributed by atoms with Gasteiger partial charge in [-0.3, -0.25) is 9.48 Å². The Morgan fingerprint density at radius 1 is 1.30 bits per heavy atom. The van der Waals surface area contributed by atoms with E-state index in [1.165, 1.54) is 0 Å². The number of aryl methyl sites for hydroxylation is 3. The monoisotopic (exact) mass is 319 g/mol. The van der Waals surface area contributed by atoms with Gasteiger partial charge in [-0.25, -0.2) is 5.43 Å². The molecule has 0 aliphatic carbocycles. The molecule has 1 aromatic rings. The van der Waals surface area contributed by atoms with E-state index in [0.717, 1.165) is 29.9 Å². The van der Waals surface area contributed by atoms with Gasteiger partial charge in [0.15, 0.2) is 0 Å². The highest BCUT2D eigenvalue weighted by molar-refractivity contribution is 5.88. The van der Waals surface area contributed by atoms with Crippen molar-refractivity contribution >= 4 is 11.6 Å². The first-order chi connectivity index (χ1) is 10.6. The molecule has 1 aliphatic rings. The van der Waals surface area contributed by atoms with Crippen LogP contribution in [0.2, 0.25) is 0 Å². The molecular weight excluding hydrogens is 290 g/mol. The molecular formula is C17H29N5O. The summed E-state index contributed by atoms with van der Waals surface area (Å²) < 4.78 is 1.86. The van der Waals surface area contributed by atoms with E-state index in [2.05, 4.69) is 48.6 Å². The van der Waals surface area contributed by atoms with E-state index in [1.807, 2.05) is 24.6 Å². The quantitative estimate of drug-likeness (QED) is 0.837. The number of carbonyl (C=O) groups excluding carboxylic acids is 1. The molecule has 1 aliphatic heterocycles. The SMILES string of the molecule is Cc1cc(C)n(CCC(=O)NN=C2CC(C)(C)NC(C)(C)C2)n1. The Kier molecular flexibility index (Phi) is 4.94. The molecule has 0 spiro atoms. The van der Waals surface area contributed by atoms with E-state index in [9.17, 15) is 4.79 Å². The van der Waals surface area contributed by atoms with Crippen molar-refractivity contribution in [2.75, 3.05) is 0 Å². The van der Waals surface area contributed by atoms with Crippen molar-refractivity contribution in [1.29, 1.82) is 0 Å². The standard InChI is InChI=1S/C17H29N5O/c1-12-9-13(2)22(20-12)8-7-15(23)19-18-14-10-16(3,4)21-17(5,6)11-14/h9,21H,7-8,10-11H2,1-6H3,(H,19,23). The second kappa shape index (κ2) is 6.43. The lowest BCUT2D eigenvalue weighted by Crippen LogP contribution is -2.58. The summed E-state index contributed by atoms with van der Waals surface area (Å²) >= 11 is 0. The molecule has 0 atom stereocenters. The second-order valence-electron chi connectivity index (χ2n) is 7.86. The minimum Gasteiger partial charge on any atom is -0.306 e. The molecule has 2 N–H and O–H groups in total. The van der Waals surface area contributed by atoms with Gasteiger partial charge < -0.3 is 5.32 Å². The van der Waals surface area contributed by atoms with Gasteiger partial charge in [0.2, 0.25) is 5.91 Å². The first kappa shape index (κ1) is 17.7. The molecule has 1 aromatic heterocycles. The van der Waals surface area contributed by atoms with E-state index >= 15 is 0 Å². The van der Waals surface area contributed by atoms with Crippen LogP contribution in [0.1, 0.15) is 58.3 Å². The maximum absolute atomic E-state index is 12.0. The number of amides is 1. The van der Waals surface area contributed by atoms with E-state index in [1.54, 1.807) is 0 Å². The van der Waals surface area contributed by atoms with Gasteiger partial charge >= 0.3 is 0 Å². The number of nitrogens with one attached hydrogen (secondary N) is 2. The summed E-state index contributed by atoms with van der Waals surface area (Å²) in [5.74, 6) is -0.0702. The molecule has 0 aromatic carbocycles. The average molecular weight is 319 g/mol. The van der Waals surface area contributed by atoms with Gasteiger partial charge in [0.25, 0.3) is 0 Å². The molecule has 6 nitrogen and oxygen atoms in total. The van der Waals surface area contributed by atoms with Gasteiger partial charge in [-0.05, 0) is 47.6 Å². The molecule has 0 radical (unpaired) electrons. The number of nitrogens with zero attached hydrogens (tertiary/aromatic N) is 3. The largest absolute Gasteiger partial charge is 0.306 e. The summed E-state index contributed by atoms with van der Waals surface area (Å²) in [6.07, 6.45) is 2.06. The number of hydrazone groups is 1. The normalized spacial score (nSPS) is 19.5. The molecule has 23 heavy (non-hydrogen) atoms. The Morgan fingerprint density at radius 2 is 1.91 bits per heavy atom. The minimum atomic E-state index is -0.0702. The van der Waals surface area contributed by atoms with Crippen LogP contribution in [0, 0.1) is 13.8 Å². The van der Waals surface area contributed by atoms with Gasteiger partial charge in [-0.15, -0.1) is 0 Å². The van der Waals surface area contributed by atoms with Gasteiger partial charge in [-0.2, -0.15) is 10.2 Å². The summed E-state index contributed by atoms with van der Waals surface area (Å²) in [7, 11) is 0. The van der Waals surface area contributed by atoms with Crippen molar-refractivity contribution in [3.63, 3.8) is 0 Å². The molecule has 1 saturated heterocycles. The van der Waals surface area contributed by atoms with Crippen LogP contribution in [0.4, 0.5) is 0 Å². The second-order valence-corrected chi connectivity index (χ2v) is 7.86. The minimum absolute atomic E-state index is 0.00495. The number of piperidine rings is 1. The molecule has 0 saturated carbocycles. The third-order valence-corrected chi connectivity index (χ3v) is 3.96. The lowest BCUT2D eigenvalue weighted by molar-refractivity contribution is -0.121. The van der Waals surface area contributed by atoms with Crippen LogP contribution in [0.15, 0.2) is 11.2 Å². The van der Waals surface area contributed by atoms with Gasteiger partial charge in [-0.1, -0.05) is 0 Å². The predicted octanol–water partition coefficient (Wildman–Crippen LogP) is 2.30. The number of rotatable bonds is 4. The smallest absolute Gasteiger partial charge is 0.241 e. The van der Waals surface area contributed by atoms with Crippen molar-refractivity contribution in [3.05, 3.63) is 17.5 Å². The highest BCUT2D eigenvalue weighted by atomic mass is 16.2. The maximum Gasteiger partial charge on any atom is 0.241 e. The first-order valence-electron chi connectivity index (χ1n) is 8.21. The highest BCUT2D eigenvalue weighted by Gasteiger charge is 2.35. The molecule has 1 amide bonds. The third-order valence-electron chi connectivity index (χ3n) is 3.96. The number of hydrogen-bond acceptors (Lipinski definition) is 4. The number of aromatic nitrogens is 2. The van der Waals surface area contributed by atoms with Crippen LogP contribution in [-0.4, -0.2) is 32.5 Å². The zero-order valence-corrected chi connectivity index (χ0v) is 15.2. The van der Waals surface area contributed by atoms with E-state index in [-0.39, 0.29) is 17.0 Å². The maximum atomic E-state index is 12.0. The summed E-state index contributed by atoms with van der Waals surface area (Å²) in [4.78, 5) is 12.0. The van der Waals surface area contributed by atoms with Crippen molar-refractivity contribution in [2.24, 2.45) is 5.10 Å². The fourth-order valence-corrected chi connectivity index (χ4v) is 3.47. The number of carbonyl (C=O) groups is 1. The fourth-order valence-electron chi connectivity index (χ4n) is 3.47. The van der Waals surface area contributed by atoms with Gasteiger partial charge in [0.05, 0.1) is 12.2 Å². The average Bonchev–Trinajstić information content (AvgIpc) is 2.68. The summed E-state index contributed by atoms with van der Waals surface area (Å²) in [6.45, 7) is 13.2. The van der Waals surface area contributed by atoms with Crippen LogP contribution in [0.25, 0.3) is 0 Å². The molecule has 0 bridgehead atoms. The van der Waals surface area contributed by atoms with Crippen molar-refractivity contribution < 1.29 is 4.79 Å². The molecule has 128 valence electrons. The zero-order chi connectivity index (χ0) is 17.3. The Labute approximate surface area is 138 Å². The van der Waals surface area contributed by atoms with Crippen LogP contribution in [0.3, 0.4) is 0 Å². The summed E-state index contributed by atoms with van der Waals surface area (Å²) in [5, 5.41) is 12.3. The summed E-state index contributed by atoms with van der Waals surface area (Å²) in [6, 6.07) is 2.01. The molecule has 2 rings (SSSR count). The Bertz CT molecular complexity index is 594. The van der Waals surface area contributed by atoms with E-state index in [4.69, 9.17) is 0 Å². The zero-order valence-electron chi connectivity index (χ0n) is 15.2. The lowest BCUT2D eigenvalue weighted by Gasteiger charge is -2.43. The first-order valence-corrected chi connectivity index (χ1v) is 8.21. The summed E-state index contributed by atoms with van der Waals surface area (Å²) in [5.41, 5.74) is 5.78. The van der Waals surface area contributed by atoms with E-state index in [0.29, 0.717) is 13.0 Å². The molecule has 6 heteroatoms. The predicted molar refractivity (Wildman–Crippen MR) is 92.4 cm³/mol. The Hall–Kier alpha value is -1.69. The van der Waals surface area contributed by atoms with Crippen molar-refractivity contribution in [1.82, 2.24) is 20.5 Å².